The Morgan fingerprint density at radius 1 is 1.32 bits per heavy atom. The van der Waals surface area contributed by atoms with Crippen LogP contribution in [0.3, 0.4) is 0 Å². The van der Waals surface area contributed by atoms with E-state index in [1.54, 1.807) is 12.1 Å². The minimum absolute atomic E-state index is 0.0663. The predicted molar refractivity (Wildman–Crippen MR) is 75.6 cm³/mol. The summed E-state index contributed by atoms with van der Waals surface area (Å²) >= 11 is 5.81. The van der Waals surface area contributed by atoms with Crippen LogP contribution >= 0.6 is 11.6 Å². The van der Waals surface area contributed by atoms with E-state index in [4.69, 9.17) is 16.3 Å². The summed E-state index contributed by atoms with van der Waals surface area (Å²) < 4.78 is 5.26. The van der Waals surface area contributed by atoms with E-state index in [9.17, 15) is 4.79 Å². The van der Waals surface area contributed by atoms with Gasteiger partial charge in [0, 0.05) is 25.0 Å². The number of nitrogens with one attached hydrogen (secondary N) is 1. The number of amidine groups is 1. The number of morpholine rings is 1. The lowest BCUT2D eigenvalue weighted by Crippen LogP contribution is -2.44. The van der Waals surface area contributed by atoms with Crippen molar-refractivity contribution in [3.63, 3.8) is 0 Å². The second-order valence-electron chi connectivity index (χ2n) is 4.21. The molecule has 1 heterocycles. The van der Waals surface area contributed by atoms with E-state index >= 15 is 0 Å². The summed E-state index contributed by atoms with van der Waals surface area (Å²) in [6, 6.07) is 7.15. The van der Waals surface area contributed by atoms with Crippen molar-refractivity contribution < 1.29 is 9.53 Å². The molecule has 0 amide bonds. The normalized spacial score (nSPS) is 16.3. The zero-order valence-corrected chi connectivity index (χ0v) is 11.5. The molecule has 1 aromatic carbocycles. The largest absolute Gasteiger partial charge is 0.378 e. The van der Waals surface area contributed by atoms with Gasteiger partial charge in [0.15, 0.2) is 11.6 Å². The zero-order valence-electron chi connectivity index (χ0n) is 10.7. The molecule has 5 nitrogen and oxygen atoms in total. The minimum atomic E-state index is -0.0663. The first kappa shape index (κ1) is 13.8. The highest BCUT2D eigenvalue weighted by Gasteiger charge is 2.18. The van der Waals surface area contributed by atoms with Gasteiger partial charge in [0.2, 0.25) is 0 Å². The lowest BCUT2D eigenvalue weighted by atomic mass is 10.3. The molecule has 0 atom stereocenters. The van der Waals surface area contributed by atoms with Crippen molar-refractivity contribution >= 4 is 28.9 Å². The summed E-state index contributed by atoms with van der Waals surface area (Å²) in [4.78, 5) is 13.6. The number of ether oxygens (including phenoxy) is 1. The Morgan fingerprint density at radius 3 is 2.53 bits per heavy atom. The van der Waals surface area contributed by atoms with Crippen LogP contribution in [0, 0.1) is 0 Å². The number of Topliss-reactive ketones (excluding diaryl/α,β-unsaturated/α-hetero) is 1. The molecule has 0 aliphatic carbocycles. The molecule has 102 valence electrons. The van der Waals surface area contributed by atoms with Gasteiger partial charge in [-0.3, -0.25) is 10.2 Å². The summed E-state index contributed by atoms with van der Waals surface area (Å²) in [5, 5.41) is 4.85. The van der Waals surface area contributed by atoms with E-state index in [1.807, 2.05) is 17.0 Å². The third kappa shape index (κ3) is 3.94. The first-order chi connectivity index (χ1) is 9.16. The second kappa shape index (κ2) is 6.54. The predicted octanol–water partition coefficient (Wildman–Crippen LogP) is 1.99. The molecule has 1 aliphatic heterocycles. The lowest BCUT2D eigenvalue weighted by molar-refractivity contribution is -0.112. The molecule has 0 radical (unpaired) electrons. The van der Waals surface area contributed by atoms with Crippen molar-refractivity contribution in [1.82, 2.24) is 4.90 Å². The average molecular weight is 282 g/mol. The quantitative estimate of drug-likeness (QED) is 0.523. The summed E-state index contributed by atoms with van der Waals surface area (Å²) in [5.41, 5.74) is 3.66. The van der Waals surface area contributed by atoms with E-state index in [2.05, 4.69) is 10.5 Å². The van der Waals surface area contributed by atoms with Gasteiger partial charge in [-0.2, -0.15) is 5.10 Å². The summed E-state index contributed by atoms with van der Waals surface area (Å²) in [6.07, 6.45) is 0. The molecule has 0 unspecified atom stereocenters. The van der Waals surface area contributed by atoms with Gasteiger partial charge in [0.05, 0.1) is 18.9 Å². The monoisotopic (exact) mass is 281 g/mol. The van der Waals surface area contributed by atoms with E-state index in [0.717, 1.165) is 5.69 Å². The summed E-state index contributed by atoms with van der Waals surface area (Å²) in [5.74, 6) is 0.363. The molecular weight excluding hydrogens is 266 g/mol. The lowest BCUT2D eigenvalue weighted by Gasteiger charge is -2.28. The molecule has 0 bridgehead atoms. The van der Waals surface area contributed by atoms with Crippen LogP contribution in [-0.4, -0.2) is 42.8 Å². The molecule has 1 aliphatic rings. The molecule has 6 heteroatoms. The van der Waals surface area contributed by atoms with Crippen LogP contribution in [-0.2, 0) is 9.53 Å². The molecular formula is C13H16ClN3O2. The highest BCUT2D eigenvalue weighted by molar-refractivity contribution is 6.37. The molecule has 1 aromatic rings. The van der Waals surface area contributed by atoms with E-state index < -0.39 is 0 Å². The third-order valence-corrected chi connectivity index (χ3v) is 3.01. The number of carbonyl (C=O) groups excluding carboxylic acids is 1. The Labute approximate surface area is 117 Å². The van der Waals surface area contributed by atoms with Crippen LogP contribution in [0.15, 0.2) is 29.4 Å². The van der Waals surface area contributed by atoms with Crippen LogP contribution in [0.2, 0.25) is 5.02 Å². The number of rotatable bonds is 3. The third-order valence-electron chi connectivity index (χ3n) is 2.76. The molecule has 1 fully saturated rings. The van der Waals surface area contributed by atoms with Crippen LogP contribution in [0.4, 0.5) is 5.69 Å². The van der Waals surface area contributed by atoms with Crippen LogP contribution in [0.25, 0.3) is 0 Å². The standard InChI is InChI=1S/C13H16ClN3O2/c1-10(18)13(17-6-8-19-9-7-17)16-15-12-4-2-11(14)3-5-12/h2-5,15H,6-9H2,1H3/b16-13-. The SMILES string of the molecule is CC(=O)/C(=N/Nc1ccc(Cl)cc1)N1CCOCC1. The maximum atomic E-state index is 11.6. The van der Waals surface area contributed by atoms with Gasteiger partial charge in [-0.1, -0.05) is 11.6 Å². The molecule has 0 saturated carbocycles. The molecule has 0 aromatic heterocycles. The highest BCUT2D eigenvalue weighted by atomic mass is 35.5. The maximum absolute atomic E-state index is 11.6. The fourth-order valence-corrected chi connectivity index (χ4v) is 1.92. The number of benzene rings is 1. The number of nitrogens with zero attached hydrogens (tertiary/aromatic N) is 2. The van der Waals surface area contributed by atoms with E-state index in [0.29, 0.717) is 37.2 Å². The minimum Gasteiger partial charge on any atom is -0.378 e. The Morgan fingerprint density at radius 2 is 1.95 bits per heavy atom. The van der Waals surface area contributed by atoms with Crippen molar-refractivity contribution in [2.24, 2.45) is 5.10 Å². The number of hydrogen-bond acceptors (Lipinski definition) is 4. The van der Waals surface area contributed by atoms with Crippen LogP contribution < -0.4 is 5.43 Å². The van der Waals surface area contributed by atoms with Crippen molar-refractivity contribution in [1.29, 1.82) is 0 Å². The van der Waals surface area contributed by atoms with Crippen molar-refractivity contribution in [2.45, 2.75) is 6.92 Å². The van der Waals surface area contributed by atoms with E-state index in [-0.39, 0.29) is 5.78 Å². The Hall–Kier alpha value is -1.59. The Bertz CT molecular complexity index is 467. The van der Waals surface area contributed by atoms with Crippen LogP contribution in [0.1, 0.15) is 6.92 Å². The smallest absolute Gasteiger partial charge is 0.196 e. The van der Waals surface area contributed by atoms with Crippen molar-refractivity contribution in [3.05, 3.63) is 29.3 Å². The molecule has 2 rings (SSSR count). The molecule has 1 saturated heterocycles. The Kier molecular flexibility index (Phi) is 4.76. The number of hydrazone groups is 1. The van der Waals surface area contributed by atoms with Gasteiger partial charge in [0.25, 0.3) is 0 Å². The van der Waals surface area contributed by atoms with Gasteiger partial charge in [-0.05, 0) is 24.3 Å². The fraction of sp³-hybridized carbons (Fsp3) is 0.385. The second-order valence-corrected chi connectivity index (χ2v) is 4.65. The first-order valence-electron chi connectivity index (χ1n) is 6.10. The van der Waals surface area contributed by atoms with Gasteiger partial charge in [-0.25, -0.2) is 0 Å². The van der Waals surface area contributed by atoms with Gasteiger partial charge in [-0.15, -0.1) is 0 Å². The molecule has 1 N–H and O–H groups in total. The number of anilines is 1. The first-order valence-corrected chi connectivity index (χ1v) is 6.47. The summed E-state index contributed by atoms with van der Waals surface area (Å²) in [7, 11) is 0. The van der Waals surface area contributed by atoms with Crippen molar-refractivity contribution in [2.75, 3.05) is 31.7 Å². The van der Waals surface area contributed by atoms with E-state index in [1.165, 1.54) is 6.92 Å². The molecule has 0 spiro atoms. The van der Waals surface area contributed by atoms with Gasteiger partial charge < -0.3 is 9.64 Å². The number of ketones is 1. The average Bonchev–Trinajstić information content (AvgIpc) is 2.42. The summed E-state index contributed by atoms with van der Waals surface area (Å²) in [6.45, 7) is 4.11. The number of halogens is 1. The zero-order chi connectivity index (χ0) is 13.7. The topological polar surface area (TPSA) is 53.9 Å². The number of hydrogen-bond donors (Lipinski definition) is 1. The van der Waals surface area contributed by atoms with Gasteiger partial charge in [0.1, 0.15) is 0 Å². The fourth-order valence-electron chi connectivity index (χ4n) is 1.79. The van der Waals surface area contributed by atoms with Crippen molar-refractivity contribution in [3.8, 4) is 0 Å². The molecule has 19 heavy (non-hydrogen) atoms. The number of carbonyl (C=O) groups is 1. The van der Waals surface area contributed by atoms with Gasteiger partial charge >= 0.3 is 0 Å². The Balaban J connectivity index is 2.07. The van der Waals surface area contributed by atoms with Crippen LogP contribution in [0.5, 0.6) is 0 Å². The highest BCUT2D eigenvalue weighted by Crippen LogP contribution is 2.13. The maximum Gasteiger partial charge on any atom is 0.196 e.